The summed E-state index contributed by atoms with van der Waals surface area (Å²) in [6, 6.07) is 8.23. The fraction of sp³-hybridized carbons (Fsp3) is 0.571. The van der Waals surface area contributed by atoms with Crippen molar-refractivity contribution < 1.29 is 19.1 Å². The first-order valence-electron chi connectivity index (χ1n) is 9.82. The maximum absolute atomic E-state index is 12.8. The van der Waals surface area contributed by atoms with Gasteiger partial charge in [0.25, 0.3) is 0 Å². The summed E-state index contributed by atoms with van der Waals surface area (Å²) in [5.41, 5.74) is 0.901. The van der Waals surface area contributed by atoms with Gasteiger partial charge < -0.3 is 15.0 Å². The Bertz CT molecular complexity index is 793. The molecule has 0 aromatic heterocycles. The van der Waals surface area contributed by atoms with Gasteiger partial charge in [0, 0.05) is 4.75 Å². The van der Waals surface area contributed by atoms with E-state index in [9.17, 15) is 14.4 Å². The van der Waals surface area contributed by atoms with Gasteiger partial charge in [-0.25, -0.2) is 4.79 Å². The van der Waals surface area contributed by atoms with Gasteiger partial charge in [0.2, 0.25) is 11.8 Å². The van der Waals surface area contributed by atoms with Gasteiger partial charge in [0.05, 0.1) is 6.42 Å². The summed E-state index contributed by atoms with van der Waals surface area (Å²) in [4.78, 5) is 39.5. The van der Waals surface area contributed by atoms with E-state index in [0.29, 0.717) is 5.92 Å². The number of ether oxygens (including phenoxy) is 1. The Kier molecular flexibility index (Phi) is 4.89. The highest BCUT2D eigenvalue weighted by molar-refractivity contribution is 8.01. The third-order valence-corrected chi connectivity index (χ3v) is 7.35. The van der Waals surface area contributed by atoms with Crippen LogP contribution in [0.2, 0.25) is 0 Å². The number of carbonyl (C=O) groups is 3. The molecule has 1 saturated carbocycles. The van der Waals surface area contributed by atoms with E-state index < -0.39 is 16.8 Å². The van der Waals surface area contributed by atoms with Crippen molar-refractivity contribution in [2.75, 3.05) is 0 Å². The SMILES string of the molecule is CC(OC(=O)C1N2C(=O)C(NC(=O)Cc3ccccc3)[C@@H]2SC1(C)C)C1CC1. The van der Waals surface area contributed by atoms with Gasteiger partial charge in [-0.3, -0.25) is 9.59 Å². The molecular weight excluding hydrogens is 376 g/mol. The van der Waals surface area contributed by atoms with Crippen molar-refractivity contribution in [3.8, 4) is 0 Å². The first-order valence-corrected chi connectivity index (χ1v) is 10.7. The van der Waals surface area contributed by atoms with Crippen molar-refractivity contribution >= 4 is 29.5 Å². The molecule has 1 N–H and O–H groups in total. The standard InChI is InChI=1S/C21H26N2O4S/c1-12(14-9-10-14)27-20(26)17-21(2,3)28-19-16(18(25)23(17)19)22-15(24)11-13-7-5-4-6-8-13/h4-8,12,14,16-17,19H,9-11H2,1-3H3,(H,22,24)/t12?,16?,17?,19-/m0/s1. The normalized spacial score (nSPS) is 28.9. The highest BCUT2D eigenvalue weighted by atomic mass is 32.2. The van der Waals surface area contributed by atoms with E-state index in [-0.39, 0.29) is 35.7 Å². The van der Waals surface area contributed by atoms with Crippen LogP contribution in [-0.2, 0) is 25.5 Å². The van der Waals surface area contributed by atoms with Gasteiger partial charge in [0.1, 0.15) is 23.6 Å². The van der Waals surface area contributed by atoms with Gasteiger partial charge in [-0.05, 0) is 45.1 Å². The molecule has 2 heterocycles. The Balaban J connectivity index is 1.40. The largest absolute Gasteiger partial charge is 0.461 e. The number of carbonyl (C=O) groups excluding carboxylic acids is 3. The number of fused-ring (bicyclic) bond motifs is 1. The molecule has 7 heteroatoms. The zero-order valence-corrected chi connectivity index (χ0v) is 17.2. The molecule has 1 aliphatic carbocycles. The second-order valence-corrected chi connectivity index (χ2v) is 10.2. The van der Waals surface area contributed by atoms with Crippen LogP contribution in [0.15, 0.2) is 30.3 Å². The van der Waals surface area contributed by atoms with E-state index >= 15 is 0 Å². The number of β-lactam (4-membered cyclic amide) rings is 1. The average Bonchev–Trinajstić information content (AvgIpc) is 3.45. The van der Waals surface area contributed by atoms with Gasteiger partial charge in [-0.1, -0.05) is 30.3 Å². The van der Waals surface area contributed by atoms with E-state index in [1.165, 1.54) is 0 Å². The lowest BCUT2D eigenvalue weighted by atomic mass is 9.95. The van der Waals surface area contributed by atoms with Crippen LogP contribution in [0.4, 0.5) is 0 Å². The lowest BCUT2D eigenvalue weighted by molar-refractivity contribution is -0.167. The van der Waals surface area contributed by atoms with Gasteiger partial charge in [-0.2, -0.15) is 0 Å². The first kappa shape index (κ1) is 19.3. The highest BCUT2D eigenvalue weighted by Crippen LogP contribution is 2.51. The maximum atomic E-state index is 12.8. The maximum Gasteiger partial charge on any atom is 0.330 e. The van der Waals surface area contributed by atoms with Crippen molar-refractivity contribution in [2.24, 2.45) is 5.92 Å². The Labute approximate surface area is 169 Å². The van der Waals surface area contributed by atoms with E-state index in [4.69, 9.17) is 4.74 Å². The van der Waals surface area contributed by atoms with E-state index in [1.807, 2.05) is 51.1 Å². The molecule has 0 spiro atoms. The lowest BCUT2D eigenvalue weighted by Gasteiger charge is -2.44. The van der Waals surface area contributed by atoms with Crippen molar-refractivity contribution in [2.45, 2.75) is 68.3 Å². The molecule has 2 amide bonds. The zero-order valence-electron chi connectivity index (χ0n) is 16.4. The average molecular weight is 403 g/mol. The Hall–Kier alpha value is -2.02. The highest BCUT2D eigenvalue weighted by Gasteiger charge is 2.64. The third kappa shape index (κ3) is 3.52. The minimum atomic E-state index is -0.613. The van der Waals surface area contributed by atoms with Crippen LogP contribution in [0.1, 0.15) is 39.2 Å². The Morgan fingerprint density at radius 1 is 1.29 bits per heavy atom. The summed E-state index contributed by atoms with van der Waals surface area (Å²) >= 11 is 1.55. The van der Waals surface area contributed by atoms with Crippen molar-refractivity contribution in [1.82, 2.24) is 10.2 Å². The fourth-order valence-electron chi connectivity index (χ4n) is 4.04. The number of nitrogens with zero attached hydrogens (tertiary/aromatic N) is 1. The number of benzene rings is 1. The fourth-order valence-corrected chi connectivity index (χ4v) is 5.66. The number of rotatable bonds is 6. The van der Waals surface area contributed by atoms with Crippen molar-refractivity contribution in [3.63, 3.8) is 0 Å². The second kappa shape index (κ2) is 7.10. The summed E-state index contributed by atoms with van der Waals surface area (Å²) in [6.07, 6.45) is 2.32. The van der Waals surface area contributed by atoms with Crippen LogP contribution in [0.5, 0.6) is 0 Å². The molecule has 3 fully saturated rings. The number of hydrogen-bond donors (Lipinski definition) is 1. The number of amides is 2. The summed E-state index contributed by atoms with van der Waals surface area (Å²) in [5, 5.41) is 2.62. The summed E-state index contributed by atoms with van der Waals surface area (Å²) in [7, 11) is 0. The second-order valence-electron chi connectivity index (χ2n) is 8.45. The minimum Gasteiger partial charge on any atom is -0.461 e. The summed E-state index contributed by atoms with van der Waals surface area (Å²) in [6.45, 7) is 5.84. The Morgan fingerprint density at radius 2 is 1.96 bits per heavy atom. The smallest absolute Gasteiger partial charge is 0.330 e. The molecule has 28 heavy (non-hydrogen) atoms. The Morgan fingerprint density at radius 3 is 2.61 bits per heavy atom. The molecule has 3 aliphatic rings. The lowest BCUT2D eigenvalue weighted by Crippen LogP contribution is -2.70. The number of thioether (sulfide) groups is 1. The number of esters is 1. The zero-order chi connectivity index (χ0) is 20.1. The predicted octanol–water partition coefficient (Wildman–Crippen LogP) is 2.12. The molecule has 6 nitrogen and oxygen atoms in total. The molecule has 150 valence electrons. The molecular formula is C21H26N2O4S. The molecule has 1 aromatic carbocycles. The molecule has 2 saturated heterocycles. The molecule has 4 rings (SSSR count). The van der Waals surface area contributed by atoms with Crippen molar-refractivity contribution in [1.29, 1.82) is 0 Å². The van der Waals surface area contributed by atoms with E-state index in [1.54, 1.807) is 16.7 Å². The number of hydrogen-bond acceptors (Lipinski definition) is 5. The van der Waals surface area contributed by atoms with Gasteiger partial charge in [0.15, 0.2) is 0 Å². The predicted molar refractivity (Wildman–Crippen MR) is 106 cm³/mol. The van der Waals surface area contributed by atoms with Crippen LogP contribution in [0.25, 0.3) is 0 Å². The molecule has 1 aromatic rings. The van der Waals surface area contributed by atoms with Crippen LogP contribution in [0.3, 0.4) is 0 Å². The summed E-state index contributed by atoms with van der Waals surface area (Å²) < 4.78 is 5.20. The molecule has 4 atom stereocenters. The minimum absolute atomic E-state index is 0.106. The number of nitrogens with one attached hydrogen (secondary N) is 1. The molecule has 0 bridgehead atoms. The topological polar surface area (TPSA) is 75.7 Å². The molecule has 3 unspecified atom stereocenters. The molecule has 2 aliphatic heterocycles. The summed E-state index contributed by atoms with van der Waals surface area (Å²) in [5.74, 6) is -0.266. The van der Waals surface area contributed by atoms with Crippen LogP contribution in [-0.4, -0.2) is 51.0 Å². The van der Waals surface area contributed by atoms with Crippen LogP contribution in [0, 0.1) is 5.92 Å². The van der Waals surface area contributed by atoms with Crippen LogP contribution < -0.4 is 5.32 Å². The van der Waals surface area contributed by atoms with E-state index in [0.717, 1.165) is 18.4 Å². The third-order valence-electron chi connectivity index (χ3n) is 5.78. The van der Waals surface area contributed by atoms with Crippen LogP contribution >= 0.6 is 11.8 Å². The first-order chi connectivity index (χ1) is 13.3. The van der Waals surface area contributed by atoms with Gasteiger partial charge in [-0.15, -0.1) is 11.8 Å². The molecule has 0 radical (unpaired) electrons. The monoisotopic (exact) mass is 402 g/mol. The van der Waals surface area contributed by atoms with Crippen molar-refractivity contribution in [3.05, 3.63) is 35.9 Å². The van der Waals surface area contributed by atoms with E-state index in [2.05, 4.69) is 5.32 Å². The quantitative estimate of drug-likeness (QED) is 0.583. The van der Waals surface area contributed by atoms with Gasteiger partial charge >= 0.3 is 5.97 Å².